The van der Waals surface area contributed by atoms with Crippen LogP contribution in [0.4, 0.5) is 0 Å². The number of rotatable bonds is 6. The Hall–Kier alpha value is -2.03. The molecule has 2 aromatic rings. The van der Waals surface area contributed by atoms with E-state index < -0.39 is 0 Å². The summed E-state index contributed by atoms with van der Waals surface area (Å²) in [6, 6.07) is 8.10. The number of ether oxygens (including phenoxy) is 1. The molecule has 0 aliphatic carbocycles. The fourth-order valence-corrected chi connectivity index (χ4v) is 5.48. The van der Waals surface area contributed by atoms with Gasteiger partial charge < -0.3 is 4.74 Å². The Morgan fingerprint density at radius 2 is 2.07 bits per heavy atom. The number of esters is 1. The average Bonchev–Trinajstić information content (AvgIpc) is 3.49. The van der Waals surface area contributed by atoms with Gasteiger partial charge in [0.25, 0.3) is 5.91 Å². The zero-order valence-electron chi connectivity index (χ0n) is 16.5. The summed E-state index contributed by atoms with van der Waals surface area (Å²) in [4.78, 5) is 29.6. The molecule has 2 aliphatic heterocycles. The molecule has 8 heteroatoms. The molecule has 0 N–H and O–H groups in total. The van der Waals surface area contributed by atoms with E-state index in [-0.39, 0.29) is 30.4 Å². The Bertz CT molecular complexity index is 864. The minimum atomic E-state index is -0.153. The van der Waals surface area contributed by atoms with E-state index in [1.807, 2.05) is 29.8 Å². The number of hydrogen-bond donors (Lipinski definition) is 0. The predicted molar refractivity (Wildman–Crippen MR) is 115 cm³/mol. The third-order valence-electron chi connectivity index (χ3n) is 5.33. The molecule has 1 fully saturated rings. The maximum atomic E-state index is 13.2. The third-order valence-corrected chi connectivity index (χ3v) is 7.22. The van der Waals surface area contributed by atoms with Gasteiger partial charge in [-0.25, -0.2) is 5.01 Å². The highest BCUT2D eigenvalue weighted by molar-refractivity contribution is 7.12. The van der Waals surface area contributed by atoms with Crippen LogP contribution in [0, 0.1) is 5.92 Å². The highest BCUT2D eigenvalue weighted by atomic mass is 32.1. The molecule has 4 heterocycles. The molecule has 2 aliphatic rings. The molecule has 154 valence electrons. The smallest absolute Gasteiger partial charge is 0.310 e. The molecule has 2 atom stereocenters. The number of hydrogen-bond acceptors (Lipinski definition) is 7. The first-order valence-corrected chi connectivity index (χ1v) is 11.8. The molecular weight excluding hydrogens is 406 g/mol. The number of piperidine rings is 1. The van der Waals surface area contributed by atoms with Crippen molar-refractivity contribution in [1.29, 1.82) is 0 Å². The number of thiophene rings is 2. The molecule has 0 bridgehead atoms. The highest BCUT2D eigenvalue weighted by Gasteiger charge is 2.36. The van der Waals surface area contributed by atoms with Gasteiger partial charge in [-0.1, -0.05) is 12.1 Å². The molecule has 0 saturated carbocycles. The van der Waals surface area contributed by atoms with Crippen molar-refractivity contribution in [3.05, 3.63) is 44.8 Å². The first kappa shape index (κ1) is 20.3. The number of carbonyl (C=O) groups excluding carboxylic acids is 2. The fourth-order valence-electron chi connectivity index (χ4n) is 3.95. The van der Waals surface area contributed by atoms with E-state index in [0.717, 1.165) is 41.3 Å². The maximum Gasteiger partial charge on any atom is 0.310 e. The summed E-state index contributed by atoms with van der Waals surface area (Å²) in [6.45, 7) is 3.89. The van der Waals surface area contributed by atoms with Gasteiger partial charge in [0.1, 0.15) is 0 Å². The molecule has 2 aromatic heterocycles. The normalized spacial score (nSPS) is 22.5. The van der Waals surface area contributed by atoms with Crippen molar-refractivity contribution >= 4 is 40.3 Å². The van der Waals surface area contributed by atoms with Gasteiger partial charge in [-0.15, -0.1) is 22.7 Å². The van der Waals surface area contributed by atoms with Crippen molar-refractivity contribution in [2.45, 2.75) is 32.2 Å². The van der Waals surface area contributed by atoms with Crippen molar-refractivity contribution in [1.82, 2.24) is 9.91 Å². The first-order chi connectivity index (χ1) is 14.2. The zero-order chi connectivity index (χ0) is 20.2. The van der Waals surface area contributed by atoms with Crippen LogP contribution in [-0.4, -0.2) is 53.7 Å². The van der Waals surface area contributed by atoms with Gasteiger partial charge in [0.15, 0.2) is 0 Å². The Morgan fingerprint density at radius 1 is 1.24 bits per heavy atom. The quantitative estimate of drug-likeness (QED) is 0.654. The SMILES string of the molecule is CCOC(=O)C1CCCN(CC(=O)N2N=C(c3cccs3)CC2c2cccs2)C1. The second-order valence-electron chi connectivity index (χ2n) is 7.32. The van der Waals surface area contributed by atoms with Crippen LogP contribution in [0.3, 0.4) is 0 Å². The Morgan fingerprint density at radius 3 is 2.79 bits per heavy atom. The lowest BCUT2D eigenvalue weighted by molar-refractivity contribution is -0.150. The van der Waals surface area contributed by atoms with Crippen molar-refractivity contribution in [3.8, 4) is 0 Å². The van der Waals surface area contributed by atoms with Crippen LogP contribution in [0.15, 0.2) is 40.1 Å². The summed E-state index contributed by atoms with van der Waals surface area (Å²) in [6.07, 6.45) is 2.46. The summed E-state index contributed by atoms with van der Waals surface area (Å²) < 4.78 is 5.18. The van der Waals surface area contributed by atoms with E-state index in [9.17, 15) is 9.59 Å². The third kappa shape index (κ3) is 4.60. The number of nitrogens with zero attached hydrogens (tertiary/aromatic N) is 3. The molecule has 4 rings (SSSR count). The maximum absolute atomic E-state index is 13.2. The second-order valence-corrected chi connectivity index (χ2v) is 9.25. The van der Waals surface area contributed by atoms with E-state index in [1.165, 1.54) is 0 Å². The van der Waals surface area contributed by atoms with Crippen molar-refractivity contribution in [3.63, 3.8) is 0 Å². The molecule has 0 radical (unpaired) electrons. The molecule has 29 heavy (non-hydrogen) atoms. The monoisotopic (exact) mass is 431 g/mol. The minimum absolute atomic E-state index is 0.0144. The number of carbonyl (C=O) groups is 2. The topological polar surface area (TPSA) is 62.2 Å². The van der Waals surface area contributed by atoms with Crippen LogP contribution >= 0.6 is 22.7 Å². The second kappa shape index (κ2) is 9.19. The largest absolute Gasteiger partial charge is 0.466 e. The van der Waals surface area contributed by atoms with E-state index in [4.69, 9.17) is 9.84 Å². The Kier molecular flexibility index (Phi) is 6.42. The molecule has 1 amide bonds. The van der Waals surface area contributed by atoms with Gasteiger partial charge >= 0.3 is 5.97 Å². The lowest BCUT2D eigenvalue weighted by Crippen LogP contribution is -2.44. The first-order valence-electron chi connectivity index (χ1n) is 10.0. The van der Waals surface area contributed by atoms with Gasteiger partial charge in [-0.3, -0.25) is 14.5 Å². The number of hydrazone groups is 1. The van der Waals surface area contributed by atoms with Gasteiger partial charge in [0, 0.05) is 17.8 Å². The van der Waals surface area contributed by atoms with Gasteiger partial charge in [0.05, 0.1) is 35.7 Å². The summed E-state index contributed by atoms with van der Waals surface area (Å²) in [5, 5.41) is 10.4. The predicted octanol–water partition coefficient (Wildman–Crippen LogP) is 3.76. The average molecular weight is 432 g/mol. The highest BCUT2D eigenvalue weighted by Crippen LogP contribution is 2.36. The van der Waals surface area contributed by atoms with Crippen LogP contribution in [-0.2, 0) is 14.3 Å². The molecule has 6 nitrogen and oxygen atoms in total. The standard InChI is InChI=1S/C21H25N3O3S2/c1-2-27-21(26)15-6-3-9-23(13-15)14-20(25)24-17(19-8-5-11-29-19)12-16(22-24)18-7-4-10-28-18/h4-5,7-8,10-11,15,17H,2-3,6,9,12-14H2,1H3. The molecular formula is C21H25N3O3S2. The van der Waals surface area contributed by atoms with Crippen LogP contribution in [0.1, 0.15) is 42.0 Å². The summed E-state index contributed by atoms with van der Waals surface area (Å²) >= 11 is 3.31. The van der Waals surface area contributed by atoms with Gasteiger partial charge in [0.2, 0.25) is 0 Å². The van der Waals surface area contributed by atoms with E-state index >= 15 is 0 Å². The molecule has 0 spiro atoms. The molecule has 2 unspecified atom stereocenters. The van der Waals surface area contributed by atoms with Crippen molar-refractivity contribution < 1.29 is 14.3 Å². The van der Waals surface area contributed by atoms with E-state index in [2.05, 4.69) is 17.0 Å². The van der Waals surface area contributed by atoms with Crippen LogP contribution in [0.5, 0.6) is 0 Å². The summed E-state index contributed by atoms with van der Waals surface area (Å²) in [7, 11) is 0. The summed E-state index contributed by atoms with van der Waals surface area (Å²) in [5.41, 5.74) is 0.967. The fraction of sp³-hybridized carbons (Fsp3) is 0.476. The minimum Gasteiger partial charge on any atom is -0.466 e. The molecule has 1 saturated heterocycles. The number of likely N-dealkylation sites (tertiary alicyclic amines) is 1. The number of amides is 1. The van der Waals surface area contributed by atoms with E-state index in [0.29, 0.717) is 13.2 Å². The Labute approximate surface area is 178 Å². The lowest BCUT2D eigenvalue weighted by atomic mass is 9.98. The Balaban J connectivity index is 1.47. The molecule has 0 aromatic carbocycles. The van der Waals surface area contributed by atoms with E-state index in [1.54, 1.807) is 27.7 Å². The van der Waals surface area contributed by atoms with Crippen molar-refractivity contribution in [2.75, 3.05) is 26.2 Å². The van der Waals surface area contributed by atoms with Crippen LogP contribution in [0.2, 0.25) is 0 Å². The van der Waals surface area contributed by atoms with Gasteiger partial charge in [-0.05, 0) is 49.2 Å². The van der Waals surface area contributed by atoms with Crippen molar-refractivity contribution in [2.24, 2.45) is 11.0 Å². The lowest BCUT2D eigenvalue weighted by Gasteiger charge is -2.32. The van der Waals surface area contributed by atoms with Crippen LogP contribution in [0.25, 0.3) is 0 Å². The summed E-state index contributed by atoms with van der Waals surface area (Å²) in [5.74, 6) is -0.312. The van der Waals surface area contributed by atoms with Gasteiger partial charge in [-0.2, -0.15) is 5.10 Å². The zero-order valence-corrected chi connectivity index (χ0v) is 18.1. The van der Waals surface area contributed by atoms with Crippen LogP contribution < -0.4 is 0 Å².